The molecular weight excluding hydrogens is 284 g/mol. The lowest BCUT2D eigenvalue weighted by Crippen LogP contribution is -2.44. The van der Waals surface area contributed by atoms with Gasteiger partial charge in [0, 0.05) is 6.04 Å². The number of rotatable bonds is 7. The summed E-state index contributed by atoms with van der Waals surface area (Å²) in [5, 5.41) is 12.0. The van der Waals surface area contributed by atoms with Gasteiger partial charge in [-0.3, -0.25) is 14.5 Å². The molecule has 6 nitrogen and oxygen atoms in total. The molecule has 1 atom stereocenters. The molecule has 2 rings (SSSR count). The minimum atomic E-state index is -0.909. The van der Waals surface area contributed by atoms with Crippen molar-refractivity contribution in [2.45, 2.75) is 38.8 Å². The van der Waals surface area contributed by atoms with E-state index in [1.807, 2.05) is 19.1 Å². The highest BCUT2D eigenvalue weighted by molar-refractivity contribution is 5.94. The van der Waals surface area contributed by atoms with Gasteiger partial charge < -0.3 is 15.2 Å². The van der Waals surface area contributed by atoms with E-state index in [2.05, 4.69) is 5.32 Å². The van der Waals surface area contributed by atoms with Gasteiger partial charge in [-0.1, -0.05) is 6.07 Å². The number of anilines is 1. The molecule has 0 heterocycles. The van der Waals surface area contributed by atoms with Gasteiger partial charge in [0.2, 0.25) is 5.91 Å². The molecule has 1 aliphatic carbocycles. The second-order valence-corrected chi connectivity index (χ2v) is 5.67. The lowest BCUT2D eigenvalue weighted by atomic mass is 10.2. The molecule has 1 aromatic rings. The van der Waals surface area contributed by atoms with Crippen LogP contribution in [-0.2, 0) is 9.59 Å². The Morgan fingerprint density at radius 1 is 1.45 bits per heavy atom. The summed E-state index contributed by atoms with van der Waals surface area (Å²) in [5.41, 5.74) is 1.61. The van der Waals surface area contributed by atoms with Crippen LogP contribution >= 0.6 is 0 Å². The second kappa shape index (κ2) is 6.79. The van der Waals surface area contributed by atoms with Crippen LogP contribution in [0.2, 0.25) is 0 Å². The Morgan fingerprint density at radius 2 is 2.14 bits per heavy atom. The van der Waals surface area contributed by atoms with Crippen molar-refractivity contribution in [1.82, 2.24) is 4.90 Å². The summed E-state index contributed by atoms with van der Waals surface area (Å²) < 4.78 is 5.23. The van der Waals surface area contributed by atoms with Crippen molar-refractivity contribution in [3.8, 4) is 5.75 Å². The smallest absolute Gasteiger partial charge is 0.320 e. The molecule has 0 aliphatic heterocycles. The van der Waals surface area contributed by atoms with Crippen molar-refractivity contribution in [3.63, 3.8) is 0 Å². The number of ether oxygens (including phenoxy) is 1. The van der Waals surface area contributed by atoms with E-state index in [4.69, 9.17) is 9.84 Å². The van der Waals surface area contributed by atoms with Crippen LogP contribution in [0.3, 0.4) is 0 Å². The van der Waals surface area contributed by atoms with Crippen molar-refractivity contribution < 1.29 is 19.4 Å². The van der Waals surface area contributed by atoms with E-state index in [1.165, 1.54) is 0 Å². The summed E-state index contributed by atoms with van der Waals surface area (Å²) in [6.07, 6.45) is 1.89. The first-order valence-electron chi connectivity index (χ1n) is 7.35. The Morgan fingerprint density at radius 3 is 2.68 bits per heavy atom. The third kappa shape index (κ3) is 3.98. The van der Waals surface area contributed by atoms with Crippen molar-refractivity contribution in [2.24, 2.45) is 0 Å². The Balaban J connectivity index is 2.05. The van der Waals surface area contributed by atoms with Crippen LogP contribution in [0, 0.1) is 6.92 Å². The third-order valence-electron chi connectivity index (χ3n) is 3.83. The summed E-state index contributed by atoms with van der Waals surface area (Å²) in [4.78, 5) is 25.2. The number of aliphatic carboxylic acids is 1. The van der Waals surface area contributed by atoms with E-state index in [-0.39, 0.29) is 18.5 Å². The molecule has 120 valence electrons. The molecule has 2 N–H and O–H groups in total. The zero-order valence-electron chi connectivity index (χ0n) is 13.1. The largest absolute Gasteiger partial charge is 0.495 e. The van der Waals surface area contributed by atoms with Crippen molar-refractivity contribution in [3.05, 3.63) is 23.8 Å². The first-order valence-corrected chi connectivity index (χ1v) is 7.35. The molecule has 1 amide bonds. The monoisotopic (exact) mass is 306 g/mol. The molecule has 1 saturated carbocycles. The summed E-state index contributed by atoms with van der Waals surface area (Å²) in [7, 11) is 1.54. The van der Waals surface area contributed by atoms with Gasteiger partial charge in [0.15, 0.2) is 0 Å². The lowest BCUT2D eigenvalue weighted by Gasteiger charge is -2.25. The number of carbonyl (C=O) groups is 2. The van der Waals surface area contributed by atoms with E-state index < -0.39 is 12.0 Å². The van der Waals surface area contributed by atoms with Gasteiger partial charge in [0.25, 0.3) is 0 Å². The van der Waals surface area contributed by atoms with Crippen LogP contribution in [-0.4, -0.2) is 47.6 Å². The van der Waals surface area contributed by atoms with E-state index in [1.54, 1.807) is 25.0 Å². The normalized spacial score (nSPS) is 15.5. The number of nitrogens with zero attached hydrogens (tertiary/aromatic N) is 1. The Labute approximate surface area is 130 Å². The first-order chi connectivity index (χ1) is 10.4. The number of benzene rings is 1. The highest BCUT2D eigenvalue weighted by Crippen LogP contribution is 2.29. The molecule has 1 aromatic carbocycles. The van der Waals surface area contributed by atoms with Gasteiger partial charge in [0.1, 0.15) is 11.8 Å². The molecule has 1 unspecified atom stereocenters. The number of nitrogens with one attached hydrogen (secondary N) is 1. The van der Waals surface area contributed by atoms with Gasteiger partial charge in [-0.2, -0.15) is 0 Å². The Kier molecular flexibility index (Phi) is 5.03. The number of carboxylic acids is 1. The minimum absolute atomic E-state index is 0.0647. The van der Waals surface area contributed by atoms with Gasteiger partial charge in [-0.25, -0.2) is 0 Å². The number of methoxy groups -OCH3 is 1. The maximum absolute atomic E-state index is 12.3. The topological polar surface area (TPSA) is 78.9 Å². The van der Waals surface area contributed by atoms with Crippen LogP contribution in [0.1, 0.15) is 25.3 Å². The molecular formula is C16H22N2O4. The van der Waals surface area contributed by atoms with Gasteiger partial charge in [-0.05, 0) is 44.4 Å². The third-order valence-corrected chi connectivity index (χ3v) is 3.83. The number of amides is 1. The van der Waals surface area contributed by atoms with Crippen molar-refractivity contribution in [1.29, 1.82) is 0 Å². The van der Waals surface area contributed by atoms with Crippen LogP contribution in [0.4, 0.5) is 5.69 Å². The summed E-state index contributed by atoms with van der Waals surface area (Å²) in [6.45, 7) is 3.61. The molecule has 0 spiro atoms. The highest BCUT2D eigenvalue weighted by Gasteiger charge is 2.36. The molecule has 0 radical (unpaired) electrons. The van der Waals surface area contributed by atoms with Crippen molar-refractivity contribution in [2.75, 3.05) is 19.0 Å². The molecule has 1 aliphatic rings. The molecule has 1 fully saturated rings. The van der Waals surface area contributed by atoms with Crippen LogP contribution < -0.4 is 10.1 Å². The number of carboxylic acid groups (broad SMARTS) is 1. The van der Waals surface area contributed by atoms with Crippen molar-refractivity contribution >= 4 is 17.6 Å². The minimum Gasteiger partial charge on any atom is -0.495 e. The van der Waals surface area contributed by atoms with E-state index >= 15 is 0 Å². The van der Waals surface area contributed by atoms with E-state index in [9.17, 15) is 9.59 Å². The van der Waals surface area contributed by atoms with Gasteiger partial charge in [0.05, 0.1) is 19.3 Å². The van der Waals surface area contributed by atoms with Gasteiger partial charge in [-0.15, -0.1) is 0 Å². The number of aryl methyl sites for hydroxylation is 1. The predicted molar refractivity (Wildman–Crippen MR) is 83.2 cm³/mol. The molecule has 0 saturated heterocycles. The van der Waals surface area contributed by atoms with E-state index in [0.717, 1.165) is 18.4 Å². The molecule has 0 aromatic heterocycles. The fourth-order valence-electron chi connectivity index (χ4n) is 2.41. The predicted octanol–water partition coefficient (Wildman–Crippen LogP) is 1.88. The van der Waals surface area contributed by atoms with Crippen LogP contribution in [0.15, 0.2) is 18.2 Å². The number of hydrogen-bond acceptors (Lipinski definition) is 4. The Bertz CT molecular complexity index is 569. The zero-order chi connectivity index (χ0) is 16.3. The number of carbonyl (C=O) groups excluding carboxylic acids is 1. The number of hydrogen-bond donors (Lipinski definition) is 2. The van der Waals surface area contributed by atoms with Gasteiger partial charge >= 0.3 is 5.97 Å². The summed E-state index contributed by atoms with van der Waals surface area (Å²) >= 11 is 0. The average Bonchev–Trinajstić information content (AvgIpc) is 3.28. The van der Waals surface area contributed by atoms with Crippen LogP contribution in [0.25, 0.3) is 0 Å². The summed E-state index contributed by atoms with van der Waals surface area (Å²) in [6, 6.07) is 5.05. The lowest BCUT2D eigenvalue weighted by molar-refractivity contribution is -0.143. The second-order valence-electron chi connectivity index (χ2n) is 5.67. The quantitative estimate of drug-likeness (QED) is 0.804. The van der Waals surface area contributed by atoms with E-state index in [0.29, 0.717) is 11.4 Å². The fraction of sp³-hybridized carbons (Fsp3) is 0.500. The maximum Gasteiger partial charge on any atom is 0.320 e. The average molecular weight is 306 g/mol. The van der Waals surface area contributed by atoms with Crippen LogP contribution in [0.5, 0.6) is 5.75 Å². The Hall–Kier alpha value is -2.08. The maximum atomic E-state index is 12.3. The molecule has 0 bridgehead atoms. The standard InChI is InChI=1S/C16H22N2O4/c1-10-4-7-14(22-3)13(8-10)17-15(19)9-18(12-5-6-12)11(2)16(20)21/h4,7-8,11-12H,5-6,9H2,1-3H3,(H,17,19)(H,20,21). The summed E-state index contributed by atoms with van der Waals surface area (Å²) in [5.74, 6) is -0.556. The SMILES string of the molecule is COc1ccc(C)cc1NC(=O)CN(C1CC1)C(C)C(=O)O. The fourth-order valence-corrected chi connectivity index (χ4v) is 2.41. The molecule has 22 heavy (non-hydrogen) atoms. The molecule has 6 heteroatoms. The first kappa shape index (κ1) is 16.3. The zero-order valence-corrected chi connectivity index (χ0v) is 13.1. The highest BCUT2D eigenvalue weighted by atomic mass is 16.5.